The number of benzene rings is 3. The number of methoxy groups -OCH3 is 3. The Labute approximate surface area is 180 Å². The zero-order chi connectivity index (χ0) is 22.2. The standard InChI is InChI=1S/C25H22O6/c1-28-19-12-10-18(11-13-19)21(26)14-8-17-9-15-23(24(16-17)30-3)31-25(27)20-6-4-5-7-22(20)29-2/h4-16H,1-3H3. The Kier molecular flexibility index (Phi) is 7.06. The molecule has 3 aromatic rings. The van der Waals surface area contributed by atoms with Crippen molar-refractivity contribution in [2.45, 2.75) is 0 Å². The molecular weight excluding hydrogens is 396 g/mol. The SMILES string of the molecule is COc1ccc(C(=O)C=Cc2ccc(OC(=O)c3ccccc3OC)c(OC)c2)cc1. The number of carbonyl (C=O) groups is 2. The van der Waals surface area contributed by atoms with Crippen LogP contribution in [0.2, 0.25) is 0 Å². The van der Waals surface area contributed by atoms with Gasteiger partial charge in [0, 0.05) is 5.56 Å². The molecule has 31 heavy (non-hydrogen) atoms. The fraction of sp³-hybridized carbons (Fsp3) is 0.120. The molecule has 0 spiro atoms. The van der Waals surface area contributed by atoms with Gasteiger partial charge in [-0.1, -0.05) is 24.3 Å². The average Bonchev–Trinajstić information content (AvgIpc) is 2.83. The van der Waals surface area contributed by atoms with Gasteiger partial charge in [0.05, 0.1) is 21.3 Å². The van der Waals surface area contributed by atoms with E-state index in [0.717, 1.165) is 5.56 Å². The van der Waals surface area contributed by atoms with E-state index in [0.29, 0.717) is 28.4 Å². The Morgan fingerprint density at radius 2 is 1.45 bits per heavy atom. The van der Waals surface area contributed by atoms with Gasteiger partial charge in [-0.05, 0) is 60.2 Å². The second kappa shape index (κ2) is 10.1. The third-order valence-electron chi connectivity index (χ3n) is 4.52. The van der Waals surface area contributed by atoms with Crippen molar-refractivity contribution in [3.05, 3.63) is 89.5 Å². The highest BCUT2D eigenvalue weighted by Gasteiger charge is 2.16. The summed E-state index contributed by atoms with van der Waals surface area (Å²) in [6.07, 6.45) is 3.14. The number of carbonyl (C=O) groups excluding carboxylic acids is 2. The molecule has 0 saturated carbocycles. The molecule has 0 N–H and O–H groups in total. The Morgan fingerprint density at radius 3 is 2.13 bits per heavy atom. The van der Waals surface area contributed by atoms with Gasteiger partial charge in [0.25, 0.3) is 0 Å². The third kappa shape index (κ3) is 5.30. The molecule has 0 bridgehead atoms. The number of rotatable bonds is 8. The monoisotopic (exact) mass is 418 g/mol. The highest BCUT2D eigenvalue weighted by molar-refractivity contribution is 6.06. The minimum Gasteiger partial charge on any atom is -0.497 e. The molecule has 0 aromatic heterocycles. The van der Waals surface area contributed by atoms with E-state index >= 15 is 0 Å². The van der Waals surface area contributed by atoms with Gasteiger partial charge in [-0.2, -0.15) is 0 Å². The van der Waals surface area contributed by atoms with Crippen LogP contribution in [0.5, 0.6) is 23.0 Å². The number of hydrogen-bond acceptors (Lipinski definition) is 6. The van der Waals surface area contributed by atoms with Gasteiger partial charge in [0.15, 0.2) is 17.3 Å². The smallest absolute Gasteiger partial charge is 0.347 e. The van der Waals surface area contributed by atoms with E-state index in [1.54, 1.807) is 79.9 Å². The first kappa shape index (κ1) is 21.6. The van der Waals surface area contributed by atoms with Gasteiger partial charge in [0.1, 0.15) is 17.1 Å². The van der Waals surface area contributed by atoms with Gasteiger partial charge in [-0.15, -0.1) is 0 Å². The summed E-state index contributed by atoms with van der Waals surface area (Å²) in [7, 11) is 4.54. The van der Waals surface area contributed by atoms with E-state index in [1.165, 1.54) is 20.3 Å². The molecule has 0 saturated heterocycles. The van der Waals surface area contributed by atoms with Crippen molar-refractivity contribution in [3.63, 3.8) is 0 Å². The van der Waals surface area contributed by atoms with Gasteiger partial charge in [0.2, 0.25) is 0 Å². The summed E-state index contributed by atoms with van der Waals surface area (Å²) in [6.45, 7) is 0. The van der Waals surface area contributed by atoms with Crippen molar-refractivity contribution in [1.29, 1.82) is 0 Å². The zero-order valence-corrected chi connectivity index (χ0v) is 17.5. The van der Waals surface area contributed by atoms with Gasteiger partial charge in [-0.25, -0.2) is 4.79 Å². The molecule has 0 aliphatic carbocycles. The van der Waals surface area contributed by atoms with Crippen LogP contribution < -0.4 is 18.9 Å². The average molecular weight is 418 g/mol. The van der Waals surface area contributed by atoms with Crippen LogP contribution in [-0.2, 0) is 0 Å². The van der Waals surface area contributed by atoms with Crippen LogP contribution in [0.1, 0.15) is 26.3 Å². The maximum absolute atomic E-state index is 12.5. The first-order valence-corrected chi connectivity index (χ1v) is 9.45. The summed E-state index contributed by atoms with van der Waals surface area (Å²) in [5.74, 6) is 1.02. The molecule has 158 valence electrons. The van der Waals surface area contributed by atoms with E-state index in [4.69, 9.17) is 18.9 Å². The maximum atomic E-state index is 12.5. The third-order valence-corrected chi connectivity index (χ3v) is 4.52. The predicted octanol–water partition coefficient (Wildman–Crippen LogP) is 4.83. The Morgan fingerprint density at radius 1 is 0.742 bits per heavy atom. The van der Waals surface area contributed by atoms with E-state index < -0.39 is 5.97 Å². The number of para-hydroxylation sites is 1. The molecule has 6 nitrogen and oxygen atoms in total. The lowest BCUT2D eigenvalue weighted by Crippen LogP contribution is -2.10. The second-order valence-corrected chi connectivity index (χ2v) is 6.43. The number of allylic oxidation sites excluding steroid dienone is 1. The van der Waals surface area contributed by atoms with Crippen molar-refractivity contribution in [2.24, 2.45) is 0 Å². The Bertz CT molecular complexity index is 1100. The molecule has 0 aliphatic heterocycles. The molecule has 0 fully saturated rings. The van der Waals surface area contributed by atoms with Gasteiger partial charge in [-0.3, -0.25) is 4.79 Å². The lowest BCUT2D eigenvalue weighted by atomic mass is 10.1. The molecule has 0 heterocycles. The quantitative estimate of drug-likeness (QED) is 0.226. The lowest BCUT2D eigenvalue weighted by Gasteiger charge is -2.11. The summed E-state index contributed by atoms with van der Waals surface area (Å²) in [4.78, 5) is 24.9. The number of ether oxygens (including phenoxy) is 4. The molecule has 0 unspecified atom stereocenters. The molecule has 0 amide bonds. The first-order valence-electron chi connectivity index (χ1n) is 9.45. The summed E-state index contributed by atoms with van der Waals surface area (Å²) in [5.41, 5.74) is 1.57. The summed E-state index contributed by atoms with van der Waals surface area (Å²) in [5, 5.41) is 0. The van der Waals surface area contributed by atoms with Crippen LogP contribution in [0.25, 0.3) is 6.08 Å². The Balaban J connectivity index is 1.75. The van der Waals surface area contributed by atoms with Crippen LogP contribution >= 0.6 is 0 Å². The highest BCUT2D eigenvalue weighted by Crippen LogP contribution is 2.30. The fourth-order valence-corrected chi connectivity index (χ4v) is 2.86. The van der Waals surface area contributed by atoms with Crippen molar-refractivity contribution in [1.82, 2.24) is 0 Å². The first-order chi connectivity index (χ1) is 15.0. The van der Waals surface area contributed by atoms with Crippen LogP contribution in [0.4, 0.5) is 0 Å². The normalized spacial score (nSPS) is 10.5. The number of ketones is 1. The minimum atomic E-state index is -0.561. The van der Waals surface area contributed by atoms with Crippen LogP contribution in [0.15, 0.2) is 72.8 Å². The molecule has 0 radical (unpaired) electrons. The lowest BCUT2D eigenvalue weighted by molar-refractivity contribution is 0.0726. The summed E-state index contributed by atoms with van der Waals surface area (Å²) < 4.78 is 21.1. The number of esters is 1. The molecule has 3 aromatic carbocycles. The van der Waals surface area contributed by atoms with Crippen LogP contribution in [0.3, 0.4) is 0 Å². The summed E-state index contributed by atoms with van der Waals surface area (Å²) >= 11 is 0. The molecular formula is C25H22O6. The minimum absolute atomic E-state index is 0.145. The van der Waals surface area contributed by atoms with E-state index in [2.05, 4.69) is 0 Å². The number of hydrogen-bond donors (Lipinski definition) is 0. The maximum Gasteiger partial charge on any atom is 0.347 e. The van der Waals surface area contributed by atoms with Crippen molar-refractivity contribution in [2.75, 3.05) is 21.3 Å². The zero-order valence-electron chi connectivity index (χ0n) is 17.5. The molecule has 0 atom stereocenters. The van der Waals surface area contributed by atoms with Crippen LogP contribution in [-0.4, -0.2) is 33.1 Å². The van der Waals surface area contributed by atoms with Crippen molar-refractivity contribution < 1.29 is 28.5 Å². The molecule has 6 heteroatoms. The van der Waals surface area contributed by atoms with Gasteiger partial charge < -0.3 is 18.9 Å². The topological polar surface area (TPSA) is 71.1 Å². The Hall–Kier alpha value is -4.06. The summed E-state index contributed by atoms with van der Waals surface area (Å²) in [6, 6.07) is 18.7. The largest absolute Gasteiger partial charge is 0.497 e. The highest BCUT2D eigenvalue weighted by atomic mass is 16.6. The van der Waals surface area contributed by atoms with Crippen molar-refractivity contribution >= 4 is 17.8 Å². The predicted molar refractivity (Wildman–Crippen MR) is 117 cm³/mol. The van der Waals surface area contributed by atoms with E-state index in [9.17, 15) is 9.59 Å². The van der Waals surface area contributed by atoms with Crippen molar-refractivity contribution in [3.8, 4) is 23.0 Å². The van der Waals surface area contributed by atoms with E-state index in [1.807, 2.05) is 0 Å². The molecule has 3 rings (SSSR count). The van der Waals surface area contributed by atoms with Gasteiger partial charge >= 0.3 is 5.97 Å². The molecule has 0 aliphatic rings. The fourth-order valence-electron chi connectivity index (χ4n) is 2.86. The van der Waals surface area contributed by atoms with Crippen LogP contribution in [0, 0.1) is 0 Å². The second-order valence-electron chi connectivity index (χ2n) is 6.43. The van der Waals surface area contributed by atoms with E-state index in [-0.39, 0.29) is 11.5 Å².